The van der Waals surface area contributed by atoms with Crippen molar-refractivity contribution in [2.24, 2.45) is 5.92 Å². The Bertz CT molecular complexity index is 299. The highest BCUT2D eigenvalue weighted by atomic mass is 32.2. The molecule has 0 bridgehead atoms. The summed E-state index contributed by atoms with van der Waals surface area (Å²) in [6, 6.07) is 0. The van der Waals surface area contributed by atoms with Crippen molar-refractivity contribution in [1.82, 2.24) is 4.72 Å². The van der Waals surface area contributed by atoms with Crippen LogP contribution in [-0.2, 0) is 14.8 Å². The van der Waals surface area contributed by atoms with Crippen LogP contribution in [0.1, 0.15) is 32.6 Å². The van der Waals surface area contributed by atoms with E-state index in [0.717, 1.165) is 25.7 Å². The number of aliphatic hydroxyl groups excluding tert-OH is 1. The van der Waals surface area contributed by atoms with E-state index in [1.54, 1.807) is 0 Å². The van der Waals surface area contributed by atoms with Crippen molar-refractivity contribution in [3.05, 3.63) is 0 Å². The van der Waals surface area contributed by atoms with Gasteiger partial charge in [-0.3, -0.25) is 0 Å². The molecule has 0 aromatic carbocycles. The second-order valence-electron chi connectivity index (χ2n) is 4.74. The summed E-state index contributed by atoms with van der Waals surface area (Å²) < 4.78 is 31.2. The second kappa shape index (κ2) is 7.31. The van der Waals surface area contributed by atoms with Gasteiger partial charge in [-0.25, -0.2) is 13.1 Å². The third kappa shape index (κ3) is 6.35. The molecule has 0 radical (unpaired) electrons. The lowest BCUT2D eigenvalue weighted by molar-refractivity contribution is 0.127. The first-order valence-electron chi connectivity index (χ1n) is 6.23. The molecule has 0 spiro atoms. The van der Waals surface area contributed by atoms with E-state index in [0.29, 0.717) is 13.2 Å². The highest BCUT2D eigenvalue weighted by Gasteiger charge is 2.22. The monoisotopic (exact) mass is 265 g/mol. The van der Waals surface area contributed by atoms with Crippen molar-refractivity contribution >= 4 is 10.0 Å². The van der Waals surface area contributed by atoms with Crippen LogP contribution in [0.5, 0.6) is 0 Å². The van der Waals surface area contributed by atoms with Gasteiger partial charge in [-0.05, 0) is 31.6 Å². The van der Waals surface area contributed by atoms with E-state index >= 15 is 0 Å². The van der Waals surface area contributed by atoms with E-state index in [-0.39, 0.29) is 24.4 Å². The molecule has 102 valence electrons. The van der Waals surface area contributed by atoms with Gasteiger partial charge < -0.3 is 9.84 Å². The van der Waals surface area contributed by atoms with Crippen LogP contribution in [0, 0.1) is 5.92 Å². The molecule has 0 amide bonds. The van der Waals surface area contributed by atoms with Crippen LogP contribution in [0.15, 0.2) is 0 Å². The highest BCUT2D eigenvalue weighted by Crippen LogP contribution is 2.13. The standard InChI is InChI=1S/C11H23NO4S/c1-10(8-13)4-2-6-12-17(14,15)9-11-5-3-7-16-11/h10-13H,2-9H2,1H3. The quantitative estimate of drug-likeness (QED) is 0.626. The fraction of sp³-hybridized carbons (Fsp3) is 1.00. The second-order valence-corrected chi connectivity index (χ2v) is 6.59. The van der Waals surface area contributed by atoms with Crippen molar-refractivity contribution in [1.29, 1.82) is 0 Å². The summed E-state index contributed by atoms with van der Waals surface area (Å²) in [6.45, 7) is 3.22. The van der Waals surface area contributed by atoms with Gasteiger partial charge >= 0.3 is 0 Å². The molecule has 1 aliphatic rings. The Hall–Kier alpha value is -0.170. The van der Waals surface area contributed by atoms with Crippen LogP contribution in [0.2, 0.25) is 0 Å². The summed E-state index contributed by atoms with van der Waals surface area (Å²) in [6.07, 6.45) is 3.24. The highest BCUT2D eigenvalue weighted by molar-refractivity contribution is 7.89. The molecule has 2 atom stereocenters. The predicted octanol–water partition coefficient (Wildman–Crippen LogP) is 0.493. The van der Waals surface area contributed by atoms with E-state index in [1.807, 2.05) is 6.92 Å². The summed E-state index contributed by atoms with van der Waals surface area (Å²) in [5, 5.41) is 8.83. The van der Waals surface area contributed by atoms with E-state index in [9.17, 15) is 8.42 Å². The SMILES string of the molecule is CC(CO)CCCNS(=O)(=O)CC1CCCO1. The average Bonchev–Trinajstić information content (AvgIpc) is 2.76. The first kappa shape index (κ1) is 14.9. The Balaban J connectivity index is 2.15. The molecule has 1 saturated heterocycles. The number of sulfonamides is 1. The molecule has 1 heterocycles. The molecule has 5 nitrogen and oxygen atoms in total. The van der Waals surface area contributed by atoms with Gasteiger partial charge in [0.05, 0.1) is 11.9 Å². The van der Waals surface area contributed by atoms with Gasteiger partial charge in [-0.1, -0.05) is 6.92 Å². The minimum Gasteiger partial charge on any atom is -0.396 e. The smallest absolute Gasteiger partial charge is 0.214 e. The fourth-order valence-corrected chi connectivity index (χ4v) is 3.17. The van der Waals surface area contributed by atoms with Crippen LogP contribution in [0.4, 0.5) is 0 Å². The van der Waals surface area contributed by atoms with Gasteiger partial charge in [-0.2, -0.15) is 0 Å². The number of hydrogen-bond acceptors (Lipinski definition) is 4. The lowest BCUT2D eigenvalue weighted by Crippen LogP contribution is -2.32. The third-order valence-electron chi connectivity index (χ3n) is 2.94. The lowest BCUT2D eigenvalue weighted by atomic mass is 10.1. The zero-order valence-electron chi connectivity index (χ0n) is 10.4. The van der Waals surface area contributed by atoms with Crippen LogP contribution in [0.3, 0.4) is 0 Å². The Morgan fingerprint density at radius 1 is 1.53 bits per heavy atom. The minimum atomic E-state index is -3.21. The largest absolute Gasteiger partial charge is 0.396 e. The van der Waals surface area contributed by atoms with Gasteiger partial charge in [0.1, 0.15) is 0 Å². The fourth-order valence-electron chi connectivity index (χ4n) is 1.85. The van der Waals surface area contributed by atoms with Crippen LogP contribution in [0.25, 0.3) is 0 Å². The maximum atomic E-state index is 11.7. The lowest BCUT2D eigenvalue weighted by Gasteiger charge is -2.12. The number of rotatable bonds is 8. The molecular weight excluding hydrogens is 242 g/mol. The topological polar surface area (TPSA) is 75.6 Å². The maximum Gasteiger partial charge on any atom is 0.214 e. The van der Waals surface area contributed by atoms with Crippen molar-refractivity contribution in [3.8, 4) is 0 Å². The molecule has 17 heavy (non-hydrogen) atoms. The molecule has 6 heteroatoms. The zero-order chi connectivity index (χ0) is 12.7. The number of aliphatic hydroxyl groups is 1. The van der Waals surface area contributed by atoms with E-state index in [4.69, 9.17) is 9.84 Å². The van der Waals surface area contributed by atoms with Crippen molar-refractivity contribution in [2.75, 3.05) is 25.5 Å². The van der Waals surface area contributed by atoms with Crippen molar-refractivity contribution < 1.29 is 18.3 Å². The normalized spacial score (nSPS) is 22.8. The van der Waals surface area contributed by atoms with Crippen LogP contribution < -0.4 is 4.72 Å². The molecule has 2 unspecified atom stereocenters. The molecule has 0 aromatic rings. The van der Waals surface area contributed by atoms with Gasteiger partial charge in [0.15, 0.2) is 0 Å². The van der Waals surface area contributed by atoms with E-state index < -0.39 is 10.0 Å². The Labute approximate surface area is 104 Å². The van der Waals surface area contributed by atoms with Crippen molar-refractivity contribution in [3.63, 3.8) is 0 Å². The van der Waals surface area contributed by atoms with Crippen LogP contribution >= 0.6 is 0 Å². The molecule has 0 aromatic heterocycles. The first-order valence-corrected chi connectivity index (χ1v) is 7.88. The number of nitrogens with one attached hydrogen (secondary N) is 1. The molecular formula is C11H23NO4S. The van der Waals surface area contributed by atoms with Gasteiger partial charge in [-0.15, -0.1) is 0 Å². The Morgan fingerprint density at radius 3 is 2.88 bits per heavy atom. The average molecular weight is 265 g/mol. The predicted molar refractivity (Wildman–Crippen MR) is 66.2 cm³/mol. The van der Waals surface area contributed by atoms with Crippen LogP contribution in [-0.4, -0.2) is 45.1 Å². The minimum absolute atomic E-state index is 0.0720. The molecule has 1 aliphatic heterocycles. The summed E-state index contributed by atoms with van der Waals surface area (Å²) in [7, 11) is -3.21. The summed E-state index contributed by atoms with van der Waals surface area (Å²) in [5.74, 6) is 0.306. The first-order chi connectivity index (χ1) is 8.03. The van der Waals surface area contributed by atoms with E-state index in [1.165, 1.54) is 0 Å². The third-order valence-corrected chi connectivity index (χ3v) is 4.39. The molecule has 0 aliphatic carbocycles. The van der Waals surface area contributed by atoms with Gasteiger partial charge in [0.2, 0.25) is 10.0 Å². The molecule has 2 N–H and O–H groups in total. The van der Waals surface area contributed by atoms with E-state index in [2.05, 4.69) is 4.72 Å². The molecule has 1 fully saturated rings. The summed E-state index contributed by atoms with van der Waals surface area (Å²) >= 11 is 0. The Morgan fingerprint density at radius 2 is 2.29 bits per heavy atom. The number of ether oxygens (including phenoxy) is 1. The number of hydrogen-bond donors (Lipinski definition) is 2. The van der Waals surface area contributed by atoms with Gasteiger partial charge in [0, 0.05) is 19.8 Å². The van der Waals surface area contributed by atoms with Gasteiger partial charge in [0.25, 0.3) is 0 Å². The zero-order valence-corrected chi connectivity index (χ0v) is 11.2. The molecule has 0 saturated carbocycles. The van der Waals surface area contributed by atoms with Crippen molar-refractivity contribution in [2.45, 2.75) is 38.7 Å². The summed E-state index contributed by atoms with van der Waals surface area (Å²) in [4.78, 5) is 0. The summed E-state index contributed by atoms with van der Waals surface area (Å²) in [5.41, 5.74) is 0. The molecule has 1 rings (SSSR count). The Kier molecular flexibility index (Phi) is 6.40. The maximum absolute atomic E-state index is 11.7.